The zero-order valence-corrected chi connectivity index (χ0v) is 16.2. The predicted molar refractivity (Wildman–Crippen MR) is 111 cm³/mol. The van der Waals surface area contributed by atoms with E-state index in [1.165, 1.54) is 0 Å². The van der Waals surface area contributed by atoms with Gasteiger partial charge in [-0.05, 0) is 56.2 Å². The Bertz CT molecular complexity index is 771. The molecule has 0 saturated carbocycles. The quantitative estimate of drug-likeness (QED) is 0.737. The highest BCUT2D eigenvalue weighted by Crippen LogP contribution is 2.15. The van der Waals surface area contributed by atoms with Crippen LogP contribution < -0.4 is 15.5 Å². The van der Waals surface area contributed by atoms with E-state index in [0.29, 0.717) is 18.7 Å². The molecule has 1 fully saturated rings. The van der Waals surface area contributed by atoms with Crippen LogP contribution in [0.3, 0.4) is 0 Å². The van der Waals surface area contributed by atoms with Gasteiger partial charge in [0.15, 0.2) is 0 Å². The first-order chi connectivity index (χ1) is 13.7. The second-order valence-corrected chi connectivity index (χ2v) is 6.75. The molecule has 0 spiro atoms. The third-order valence-electron chi connectivity index (χ3n) is 4.79. The fourth-order valence-electron chi connectivity index (χ4n) is 3.24. The van der Waals surface area contributed by atoms with Crippen molar-refractivity contribution in [3.63, 3.8) is 0 Å². The van der Waals surface area contributed by atoms with Crippen LogP contribution >= 0.6 is 0 Å². The highest BCUT2D eigenvalue weighted by atomic mass is 16.5. The Hall–Kier alpha value is -2.86. The maximum Gasteiger partial charge on any atom is 0.251 e. The van der Waals surface area contributed by atoms with Gasteiger partial charge in [-0.15, -0.1) is 0 Å². The first kappa shape index (κ1) is 19.9. The summed E-state index contributed by atoms with van der Waals surface area (Å²) in [7, 11) is 0. The number of rotatable bonds is 8. The van der Waals surface area contributed by atoms with Gasteiger partial charge < -0.3 is 20.3 Å². The van der Waals surface area contributed by atoms with Crippen LogP contribution in [0.15, 0.2) is 54.6 Å². The Morgan fingerprint density at radius 2 is 1.86 bits per heavy atom. The maximum absolute atomic E-state index is 12.5. The standard InChI is InChI=1S/C22H27N3O3/c1-2-25(19-7-4-3-5-8-19)21(26)16-23-18-12-10-17(11-13-18)22(27)24-15-20-9-6-14-28-20/h3-5,7-8,10-13,20,23H,2,6,9,14-16H2,1H3,(H,24,27). The molecule has 2 amide bonds. The fourth-order valence-corrected chi connectivity index (χ4v) is 3.24. The Morgan fingerprint density at radius 1 is 1.11 bits per heavy atom. The molecule has 1 aliphatic rings. The molecule has 2 aromatic rings. The van der Waals surface area contributed by atoms with Crippen LogP contribution in [0.4, 0.5) is 11.4 Å². The van der Waals surface area contributed by atoms with Gasteiger partial charge >= 0.3 is 0 Å². The number of hydrogen-bond donors (Lipinski definition) is 2. The number of para-hydroxylation sites is 1. The van der Waals surface area contributed by atoms with E-state index in [9.17, 15) is 9.59 Å². The largest absolute Gasteiger partial charge is 0.376 e. The number of carbonyl (C=O) groups excluding carboxylic acids is 2. The van der Waals surface area contributed by atoms with E-state index in [1.54, 1.807) is 17.0 Å². The summed E-state index contributed by atoms with van der Waals surface area (Å²) >= 11 is 0. The lowest BCUT2D eigenvalue weighted by molar-refractivity contribution is -0.116. The molecule has 6 heteroatoms. The van der Waals surface area contributed by atoms with E-state index >= 15 is 0 Å². The number of anilines is 2. The van der Waals surface area contributed by atoms with Gasteiger partial charge in [-0.1, -0.05) is 18.2 Å². The minimum atomic E-state index is -0.112. The van der Waals surface area contributed by atoms with Crippen molar-refractivity contribution in [1.82, 2.24) is 5.32 Å². The number of nitrogens with zero attached hydrogens (tertiary/aromatic N) is 1. The lowest BCUT2D eigenvalue weighted by atomic mass is 10.2. The molecule has 0 aromatic heterocycles. The number of hydrogen-bond acceptors (Lipinski definition) is 4. The molecular weight excluding hydrogens is 354 g/mol. The first-order valence-electron chi connectivity index (χ1n) is 9.76. The molecule has 6 nitrogen and oxygen atoms in total. The van der Waals surface area contributed by atoms with Crippen molar-refractivity contribution in [3.05, 3.63) is 60.2 Å². The minimum Gasteiger partial charge on any atom is -0.376 e. The van der Waals surface area contributed by atoms with E-state index in [0.717, 1.165) is 30.8 Å². The molecule has 0 aliphatic carbocycles. The number of likely N-dealkylation sites (N-methyl/N-ethyl adjacent to an activating group) is 1. The Kier molecular flexibility index (Phi) is 7.03. The summed E-state index contributed by atoms with van der Waals surface area (Å²) < 4.78 is 5.51. The molecule has 1 saturated heterocycles. The van der Waals surface area contributed by atoms with Crippen LogP contribution in [-0.2, 0) is 9.53 Å². The number of nitrogens with one attached hydrogen (secondary N) is 2. The molecule has 148 valence electrons. The van der Waals surface area contributed by atoms with E-state index in [-0.39, 0.29) is 24.5 Å². The molecule has 0 bridgehead atoms. The van der Waals surface area contributed by atoms with Gasteiger partial charge in [0, 0.05) is 36.6 Å². The van der Waals surface area contributed by atoms with E-state index in [2.05, 4.69) is 10.6 Å². The van der Waals surface area contributed by atoms with Crippen LogP contribution in [0.25, 0.3) is 0 Å². The van der Waals surface area contributed by atoms with Crippen molar-refractivity contribution in [2.45, 2.75) is 25.9 Å². The lowest BCUT2D eigenvalue weighted by Crippen LogP contribution is -2.35. The monoisotopic (exact) mass is 381 g/mol. The third kappa shape index (κ3) is 5.33. The van der Waals surface area contributed by atoms with Gasteiger partial charge in [0.2, 0.25) is 5.91 Å². The smallest absolute Gasteiger partial charge is 0.251 e. The zero-order chi connectivity index (χ0) is 19.8. The van der Waals surface area contributed by atoms with E-state index < -0.39 is 0 Å². The maximum atomic E-state index is 12.5. The molecule has 28 heavy (non-hydrogen) atoms. The SMILES string of the molecule is CCN(C(=O)CNc1ccc(C(=O)NCC2CCCO2)cc1)c1ccccc1. The van der Waals surface area contributed by atoms with Crippen molar-refractivity contribution in [1.29, 1.82) is 0 Å². The van der Waals surface area contributed by atoms with Gasteiger partial charge in [-0.25, -0.2) is 0 Å². The predicted octanol–water partition coefficient (Wildman–Crippen LogP) is 3.06. The topological polar surface area (TPSA) is 70.7 Å². The van der Waals surface area contributed by atoms with Crippen LogP contribution in [0.2, 0.25) is 0 Å². The van der Waals surface area contributed by atoms with Gasteiger partial charge in [0.25, 0.3) is 5.91 Å². The number of ether oxygens (including phenoxy) is 1. The Morgan fingerprint density at radius 3 is 2.50 bits per heavy atom. The Labute approximate surface area is 165 Å². The van der Waals surface area contributed by atoms with Crippen molar-refractivity contribution in [2.24, 2.45) is 0 Å². The van der Waals surface area contributed by atoms with Crippen LogP contribution in [-0.4, -0.2) is 44.2 Å². The van der Waals surface area contributed by atoms with Gasteiger partial charge in [-0.3, -0.25) is 9.59 Å². The molecule has 1 aliphatic heterocycles. The molecule has 2 N–H and O–H groups in total. The Balaban J connectivity index is 1.49. The number of amides is 2. The highest BCUT2D eigenvalue weighted by Gasteiger charge is 2.17. The van der Waals surface area contributed by atoms with Crippen molar-refractivity contribution < 1.29 is 14.3 Å². The van der Waals surface area contributed by atoms with Crippen LogP contribution in [0.5, 0.6) is 0 Å². The summed E-state index contributed by atoms with van der Waals surface area (Å²) in [6.07, 6.45) is 2.18. The summed E-state index contributed by atoms with van der Waals surface area (Å²) in [5.41, 5.74) is 2.28. The first-order valence-corrected chi connectivity index (χ1v) is 9.76. The summed E-state index contributed by atoms with van der Waals surface area (Å²) in [6, 6.07) is 16.7. The second-order valence-electron chi connectivity index (χ2n) is 6.75. The molecule has 0 radical (unpaired) electrons. The van der Waals surface area contributed by atoms with Gasteiger partial charge in [-0.2, -0.15) is 0 Å². The fraction of sp³-hybridized carbons (Fsp3) is 0.364. The van der Waals surface area contributed by atoms with Crippen molar-refractivity contribution in [3.8, 4) is 0 Å². The van der Waals surface area contributed by atoms with Crippen LogP contribution in [0, 0.1) is 0 Å². The highest BCUT2D eigenvalue weighted by molar-refractivity contribution is 5.96. The minimum absolute atomic E-state index is 0.00733. The average Bonchev–Trinajstić information content (AvgIpc) is 3.26. The van der Waals surface area contributed by atoms with E-state index in [4.69, 9.17) is 4.74 Å². The van der Waals surface area contributed by atoms with Gasteiger partial charge in [0.05, 0.1) is 12.6 Å². The molecule has 1 heterocycles. The van der Waals surface area contributed by atoms with Crippen molar-refractivity contribution >= 4 is 23.2 Å². The second kappa shape index (κ2) is 9.90. The molecular formula is C22H27N3O3. The molecule has 1 unspecified atom stereocenters. The lowest BCUT2D eigenvalue weighted by Gasteiger charge is -2.21. The normalized spacial score (nSPS) is 15.8. The zero-order valence-electron chi connectivity index (χ0n) is 16.2. The van der Waals surface area contributed by atoms with Crippen LogP contribution in [0.1, 0.15) is 30.1 Å². The summed E-state index contributed by atoms with van der Waals surface area (Å²) in [6.45, 7) is 4.07. The summed E-state index contributed by atoms with van der Waals surface area (Å²) in [5, 5.41) is 6.04. The third-order valence-corrected chi connectivity index (χ3v) is 4.79. The molecule has 1 atom stereocenters. The summed E-state index contributed by atoms with van der Waals surface area (Å²) in [4.78, 5) is 26.5. The average molecular weight is 381 g/mol. The van der Waals surface area contributed by atoms with E-state index in [1.807, 2.05) is 49.4 Å². The van der Waals surface area contributed by atoms with Crippen molar-refractivity contribution in [2.75, 3.05) is 36.5 Å². The number of carbonyl (C=O) groups is 2. The summed E-state index contributed by atoms with van der Waals surface area (Å²) in [5.74, 6) is -0.119. The molecule has 2 aromatic carbocycles. The molecule has 3 rings (SSSR count). The number of benzene rings is 2. The van der Waals surface area contributed by atoms with Gasteiger partial charge in [0.1, 0.15) is 0 Å².